The number of hydrogen-bond acceptors (Lipinski definition) is 3. The molecule has 0 aromatic carbocycles. The third-order valence-corrected chi connectivity index (χ3v) is 2.84. The van der Waals surface area contributed by atoms with E-state index in [2.05, 4.69) is 21.9 Å². The Bertz CT molecular complexity index is 470. The van der Waals surface area contributed by atoms with Crippen LogP contribution >= 0.6 is 0 Å². The van der Waals surface area contributed by atoms with Gasteiger partial charge in [-0.15, -0.1) is 0 Å². The molecule has 0 saturated heterocycles. The van der Waals surface area contributed by atoms with Gasteiger partial charge < -0.3 is 5.32 Å². The van der Waals surface area contributed by atoms with Gasteiger partial charge in [-0.3, -0.25) is 0 Å². The molecular weight excluding hydrogens is 222 g/mol. The quantitative estimate of drug-likeness (QED) is 0.775. The van der Waals surface area contributed by atoms with Crippen molar-refractivity contribution in [2.75, 3.05) is 11.9 Å². The predicted octanol–water partition coefficient (Wildman–Crippen LogP) is 3.44. The van der Waals surface area contributed by atoms with E-state index in [9.17, 15) is 0 Å². The largest absolute Gasteiger partial charge is 0.354 e. The highest BCUT2D eigenvalue weighted by atomic mass is 15.1. The van der Waals surface area contributed by atoms with Gasteiger partial charge in [0.25, 0.3) is 0 Å². The number of nitrogens with zero attached hydrogens (tertiary/aromatic N) is 2. The number of anilines is 1. The Hall–Kier alpha value is -1.90. The summed E-state index contributed by atoms with van der Waals surface area (Å²) in [5.41, 5.74) is 1.96. The van der Waals surface area contributed by atoms with Crippen LogP contribution in [0.5, 0.6) is 0 Å². The first-order valence-corrected chi connectivity index (χ1v) is 6.36. The Morgan fingerprint density at radius 2 is 2.39 bits per heavy atom. The highest BCUT2D eigenvalue weighted by Gasteiger charge is 2.20. The summed E-state index contributed by atoms with van der Waals surface area (Å²) < 4.78 is 0. The first-order chi connectivity index (χ1) is 8.83. The molecule has 1 saturated carbocycles. The topological polar surface area (TPSA) is 37.8 Å². The molecule has 0 atom stereocenters. The number of aromatic nitrogens is 2. The second kappa shape index (κ2) is 6.15. The van der Waals surface area contributed by atoms with E-state index in [0.717, 1.165) is 23.7 Å². The fourth-order valence-electron chi connectivity index (χ4n) is 1.70. The van der Waals surface area contributed by atoms with Gasteiger partial charge in [-0.05, 0) is 37.3 Å². The molecule has 1 aliphatic rings. The van der Waals surface area contributed by atoms with Gasteiger partial charge in [-0.25, -0.2) is 9.97 Å². The molecule has 18 heavy (non-hydrogen) atoms. The van der Waals surface area contributed by atoms with Gasteiger partial charge in [0.1, 0.15) is 0 Å². The number of nitrogens with one attached hydrogen (secondary N) is 1. The summed E-state index contributed by atoms with van der Waals surface area (Å²) >= 11 is 0. The molecule has 0 aliphatic heterocycles. The Balaban J connectivity index is 2.13. The molecule has 0 unspecified atom stereocenters. The second-order valence-corrected chi connectivity index (χ2v) is 4.45. The van der Waals surface area contributed by atoms with Crippen LogP contribution in [0.4, 0.5) is 5.95 Å². The van der Waals surface area contributed by atoms with Crippen molar-refractivity contribution in [3.63, 3.8) is 0 Å². The summed E-state index contributed by atoms with van der Waals surface area (Å²) in [6, 6.07) is 1.91. The first kappa shape index (κ1) is 12.6. The molecule has 0 amide bonds. The minimum Gasteiger partial charge on any atom is -0.354 e. The number of hydrogen-bond donors (Lipinski definition) is 1. The van der Waals surface area contributed by atoms with Gasteiger partial charge >= 0.3 is 0 Å². The summed E-state index contributed by atoms with van der Waals surface area (Å²) in [6.07, 6.45) is 12.2. The minimum atomic E-state index is 0.707. The van der Waals surface area contributed by atoms with Crippen molar-refractivity contribution in [1.29, 1.82) is 0 Å². The maximum atomic E-state index is 4.52. The van der Waals surface area contributed by atoms with E-state index in [1.165, 1.54) is 12.8 Å². The van der Waals surface area contributed by atoms with Gasteiger partial charge in [0.15, 0.2) is 0 Å². The lowest BCUT2D eigenvalue weighted by molar-refractivity contribution is 0.872. The van der Waals surface area contributed by atoms with Crippen LogP contribution in [0.15, 0.2) is 43.1 Å². The lowest BCUT2D eigenvalue weighted by atomic mass is 10.1. The number of allylic oxidation sites excluding steroid dienone is 5. The molecule has 2 rings (SSSR count). The molecule has 1 fully saturated rings. The summed E-state index contributed by atoms with van der Waals surface area (Å²) in [5.74, 6) is 1.52. The Morgan fingerprint density at radius 1 is 1.56 bits per heavy atom. The molecule has 1 aromatic rings. The van der Waals surface area contributed by atoms with E-state index in [4.69, 9.17) is 0 Å². The average molecular weight is 241 g/mol. The number of rotatable bonds is 6. The lowest BCUT2D eigenvalue weighted by Crippen LogP contribution is -2.07. The van der Waals surface area contributed by atoms with Crippen molar-refractivity contribution >= 4 is 11.5 Å². The molecular formula is C15H19N3. The average Bonchev–Trinajstić information content (AvgIpc) is 3.21. The van der Waals surface area contributed by atoms with Crippen LogP contribution in [0.3, 0.4) is 0 Å². The predicted molar refractivity (Wildman–Crippen MR) is 76.2 cm³/mol. The Morgan fingerprint density at radius 3 is 3.06 bits per heavy atom. The Labute approximate surface area is 108 Å². The third-order valence-electron chi connectivity index (χ3n) is 2.84. The first-order valence-electron chi connectivity index (χ1n) is 6.36. The zero-order valence-electron chi connectivity index (χ0n) is 10.8. The van der Waals surface area contributed by atoms with Gasteiger partial charge in [0.05, 0.1) is 5.69 Å². The van der Waals surface area contributed by atoms with Crippen molar-refractivity contribution in [3.8, 4) is 0 Å². The van der Waals surface area contributed by atoms with Gasteiger partial charge in [0.2, 0.25) is 5.95 Å². The van der Waals surface area contributed by atoms with E-state index < -0.39 is 0 Å². The van der Waals surface area contributed by atoms with Crippen LogP contribution in [0.2, 0.25) is 0 Å². The molecule has 0 spiro atoms. The van der Waals surface area contributed by atoms with Crippen LogP contribution in [-0.2, 0) is 0 Å². The summed E-state index contributed by atoms with van der Waals surface area (Å²) in [6.45, 7) is 6.70. The smallest absolute Gasteiger partial charge is 0.223 e. The molecule has 1 aliphatic carbocycles. The highest BCUT2D eigenvalue weighted by Crippen LogP contribution is 2.28. The van der Waals surface area contributed by atoms with E-state index >= 15 is 0 Å². The van der Waals surface area contributed by atoms with E-state index in [1.54, 1.807) is 12.3 Å². The molecule has 0 bridgehead atoms. The van der Waals surface area contributed by atoms with Crippen molar-refractivity contribution < 1.29 is 0 Å². The second-order valence-electron chi connectivity index (χ2n) is 4.45. The normalized spacial score (nSPS) is 15.9. The third kappa shape index (κ3) is 3.55. The fraction of sp³-hybridized carbons (Fsp3) is 0.333. The van der Waals surface area contributed by atoms with E-state index in [-0.39, 0.29) is 0 Å². The molecule has 3 heteroatoms. The Kier molecular flexibility index (Phi) is 4.29. The van der Waals surface area contributed by atoms with Gasteiger partial charge in [-0.2, -0.15) is 0 Å². The SMILES string of the molecule is C=C/C=C(\C=C/C)c1ccnc(NCC2CC2)n1. The van der Waals surface area contributed by atoms with Crippen molar-refractivity contribution in [3.05, 3.63) is 48.8 Å². The molecule has 1 heterocycles. The zero-order chi connectivity index (χ0) is 12.8. The summed E-state index contributed by atoms with van der Waals surface area (Å²) in [7, 11) is 0. The molecule has 1 aromatic heterocycles. The van der Waals surface area contributed by atoms with E-state index in [0.29, 0.717) is 5.95 Å². The summed E-state index contributed by atoms with van der Waals surface area (Å²) in [5, 5.41) is 3.29. The maximum absolute atomic E-state index is 4.52. The summed E-state index contributed by atoms with van der Waals surface area (Å²) in [4.78, 5) is 8.76. The highest BCUT2D eigenvalue weighted by molar-refractivity contribution is 5.73. The van der Waals surface area contributed by atoms with Crippen molar-refractivity contribution in [2.45, 2.75) is 19.8 Å². The molecule has 1 N–H and O–H groups in total. The fourth-order valence-corrected chi connectivity index (χ4v) is 1.70. The van der Waals surface area contributed by atoms with Crippen molar-refractivity contribution in [1.82, 2.24) is 9.97 Å². The minimum absolute atomic E-state index is 0.707. The molecule has 0 radical (unpaired) electrons. The lowest BCUT2D eigenvalue weighted by Gasteiger charge is -2.06. The van der Waals surface area contributed by atoms with Crippen LogP contribution in [0.25, 0.3) is 5.57 Å². The van der Waals surface area contributed by atoms with Crippen LogP contribution in [0.1, 0.15) is 25.5 Å². The molecule has 94 valence electrons. The van der Waals surface area contributed by atoms with E-state index in [1.807, 2.05) is 31.2 Å². The zero-order valence-corrected chi connectivity index (χ0v) is 10.8. The van der Waals surface area contributed by atoms with Crippen LogP contribution in [-0.4, -0.2) is 16.5 Å². The van der Waals surface area contributed by atoms with Crippen molar-refractivity contribution in [2.24, 2.45) is 5.92 Å². The monoisotopic (exact) mass is 241 g/mol. The molecule has 3 nitrogen and oxygen atoms in total. The standard InChI is InChI=1S/C15H19N3/c1-3-5-13(6-4-2)14-9-10-16-15(18-14)17-11-12-7-8-12/h3-6,9-10,12H,1,7-8,11H2,2H3,(H,16,17,18)/b6-4-,13-5+. The maximum Gasteiger partial charge on any atom is 0.223 e. The van der Waals surface area contributed by atoms with Gasteiger partial charge in [0, 0.05) is 12.7 Å². The van der Waals surface area contributed by atoms with Crippen LogP contribution in [0, 0.1) is 5.92 Å². The van der Waals surface area contributed by atoms with Gasteiger partial charge in [-0.1, -0.05) is 30.9 Å². The van der Waals surface area contributed by atoms with Crippen LogP contribution < -0.4 is 5.32 Å².